The van der Waals surface area contributed by atoms with E-state index in [1.165, 1.54) is 0 Å². The van der Waals surface area contributed by atoms with Crippen LogP contribution in [-0.4, -0.2) is 22.5 Å². The predicted molar refractivity (Wildman–Crippen MR) is 93.7 cm³/mol. The minimum Gasteiger partial charge on any atom is -0.489 e. The van der Waals surface area contributed by atoms with Gasteiger partial charge in [0.1, 0.15) is 18.0 Å². The van der Waals surface area contributed by atoms with Gasteiger partial charge in [0, 0.05) is 18.2 Å². The summed E-state index contributed by atoms with van der Waals surface area (Å²) in [4.78, 5) is 4.76. The SMILES string of the molecule is C=C(C)COc1ccc(-c2nc3ccccn3c2CCN)cc1. The molecule has 4 heteroatoms. The van der Waals surface area contributed by atoms with Crippen LogP contribution in [0.4, 0.5) is 0 Å². The Morgan fingerprint density at radius 3 is 2.70 bits per heavy atom. The molecule has 0 amide bonds. The molecule has 0 saturated heterocycles. The molecule has 0 aliphatic carbocycles. The summed E-state index contributed by atoms with van der Waals surface area (Å²) in [6.07, 6.45) is 2.82. The number of nitrogens with two attached hydrogens (primary N) is 1. The number of benzene rings is 1. The van der Waals surface area contributed by atoms with Crippen LogP contribution >= 0.6 is 0 Å². The topological polar surface area (TPSA) is 52.5 Å². The Morgan fingerprint density at radius 2 is 2.00 bits per heavy atom. The lowest BCUT2D eigenvalue weighted by Crippen LogP contribution is -2.06. The molecular weight excluding hydrogens is 286 g/mol. The molecule has 0 aliphatic rings. The second-order valence-electron chi connectivity index (χ2n) is 5.64. The van der Waals surface area contributed by atoms with Crippen LogP contribution in [0.1, 0.15) is 12.6 Å². The van der Waals surface area contributed by atoms with E-state index in [4.69, 9.17) is 15.5 Å². The van der Waals surface area contributed by atoms with Crippen molar-refractivity contribution in [3.8, 4) is 17.0 Å². The Hall–Kier alpha value is -2.59. The smallest absolute Gasteiger partial charge is 0.137 e. The molecule has 3 aromatic rings. The van der Waals surface area contributed by atoms with E-state index < -0.39 is 0 Å². The Labute approximate surface area is 136 Å². The standard InChI is InChI=1S/C19H21N3O/c1-14(2)13-23-16-8-6-15(7-9-16)19-17(10-11-20)22-12-4-3-5-18(22)21-19/h3-9,12H,1,10-11,13,20H2,2H3. The van der Waals surface area contributed by atoms with Crippen LogP contribution in [0.2, 0.25) is 0 Å². The Kier molecular flexibility index (Phi) is 4.44. The molecule has 0 unspecified atom stereocenters. The summed E-state index contributed by atoms with van der Waals surface area (Å²) in [6.45, 7) is 6.92. The summed E-state index contributed by atoms with van der Waals surface area (Å²) in [7, 11) is 0. The molecule has 0 aliphatic heterocycles. The van der Waals surface area contributed by atoms with E-state index >= 15 is 0 Å². The second kappa shape index (κ2) is 6.67. The van der Waals surface area contributed by atoms with Gasteiger partial charge in [-0.2, -0.15) is 0 Å². The van der Waals surface area contributed by atoms with Crippen LogP contribution in [0, 0.1) is 0 Å². The Balaban J connectivity index is 1.96. The molecule has 0 bridgehead atoms. The number of imidazole rings is 1. The number of fused-ring (bicyclic) bond motifs is 1. The van der Waals surface area contributed by atoms with E-state index in [0.29, 0.717) is 13.2 Å². The van der Waals surface area contributed by atoms with Gasteiger partial charge in [-0.1, -0.05) is 12.6 Å². The maximum absolute atomic E-state index is 5.78. The number of hydrogen-bond donors (Lipinski definition) is 1. The first kappa shape index (κ1) is 15.3. The second-order valence-corrected chi connectivity index (χ2v) is 5.64. The van der Waals surface area contributed by atoms with Gasteiger partial charge >= 0.3 is 0 Å². The lowest BCUT2D eigenvalue weighted by molar-refractivity contribution is 0.353. The first-order valence-electron chi connectivity index (χ1n) is 7.72. The third kappa shape index (κ3) is 3.27. The van der Waals surface area contributed by atoms with Crippen molar-refractivity contribution in [3.05, 3.63) is 66.5 Å². The highest BCUT2D eigenvalue weighted by Crippen LogP contribution is 2.26. The van der Waals surface area contributed by atoms with Crippen molar-refractivity contribution in [1.82, 2.24) is 9.38 Å². The molecule has 23 heavy (non-hydrogen) atoms. The minimum absolute atomic E-state index is 0.534. The normalized spacial score (nSPS) is 10.9. The molecule has 3 rings (SSSR count). The monoisotopic (exact) mass is 307 g/mol. The molecule has 2 aromatic heterocycles. The average molecular weight is 307 g/mol. The summed E-state index contributed by atoms with van der Waals surface area (Å²) in [5, 5.41) is 0. The Morgan fingerprint density at radius 1 is 1.22 bits per heavy atom. The Bertz CT molecular complexity index is 818. The molecule has 0 atom stereocenters. The fourth-order valence-electron chi connectivity index (χ4n) is 2.57. The van der Waals surface area contributed by atoms with Gasteiger partial charge in [-0.25, -0.2) is 4.98 Å². The highest BCUT2D eigenvalue weighted by molar-refractivity contribution is 5.67. The van der Waals surface area contributed by atoms with E-state index in [2.05, 4.69) is 11.0 Å². The lowest BCUT2D eigenvalue weighted by Gasteiger charge is -2.07. The number of aromatic nitrogens is 2. The molecule has 0 saturated carbocycles. The first-order valence-corrected chi connectivity index (χ1v) is 7.72. The molecule has 0 radical (unpaired) electrons. The molecule has 2 N–H and O–H groups in total. The van der Waals surface area contributed by atoms with E-state index in [9.17, 15) is 0 Å². The first-order chi connectivity index (χ1) is 11.2. The highest BCUT2D eigenvalue weighted by Gasteiger charge is 2.13. The molecular formula is C19H21N3O. The zero-order valence-corrected chi connectivity index (χ0v) is 13.3. The van der Waals surface area contributed by atoms with Gasteiger partial charge in [-0.15, -0.1) is 0 Å². The number of hydrogen-bond acceptors (Lipinski definition) is 3. The van der Waals surface area contributed by atoms with E-state index in [0.717, 1.165) is 40.3 Å². The number of ether oxygens (including phenoxy) is 1. The summed E-state index contributed by atoms with van der Waals surface area (Å²) in [5.74, 6) is 0.834. The highest BCUT2D eigenvalue weighted by atomic mass is 16.5. The van der Waals surface area contributed by atoms with Gasteiger partial charge in [-0.05, 0) is 55.4 Å². The summed E-state index contributed by atoms with van der Waals surface area (Å²) in [5.41, 5.74) is 10.9. The average Bonchev–Trinajstić information content (AvgIpc) is 2.93. The molecule has 0 fully saturated rings. The quantitative estimate of drug-likeness (QED) is 0.710. The van der Waals surface area contributed by atoms with Crippen LogP contribution in [0.3, 0.4) is 0 Å². The molecule has 0 spiro atoms. The third-order valence-electron chi connectivity index (χ3n) is 3.62. The van der Waals surface area contributed by atoms with Crippen LogP contribution in [0.15, 0.2) is 60.8 Å². The van der Waals surface area contributed by atoms with Gasteiger partial charge in [0.05, 0.1) is 11.4 Å². The fraction of sp³-hybridized carbons (Fsp3) is 0.211. The summed E-state index contributed by atoms with van der Waals surface area (Å²) >= 11 is 0. The van der Waals surface area contributed by atoms with Gasteiger partial charge in [0.25, 0.3) is 0 Å². The molecule has 2 heterocycles. The van der Waals surface area contributed by atoms with Crippen molar-refractivity contribution >= 4 is 5.65 Å². The largest absolute Gasteiger partial charge is 0.489 e. The summed E-state index contributed by atoms with van der Waals surface area (Å²) in [6, 6.07) is 14.0. The number of pyridine rings is 1. The maximum atomic E-state index is 5.78. The van der Waals surface area contributed by atoms with Crippen molar-refractivity contribution in [1.29, 1.82) is 0 Å². The zero-order valence-electron chi connectivity index (χ0n) is 13.3. The van der Waals surface area contributed by atoms with Crippen molar-refractivity contribution in [3.63, 3.8) is 0 Å². The van der Waals surface area contributed by atoms with Crippen molar-refractivity contribution in [2.75, 3.05) is 13.2 Å². The van der Waals surface area contributed by atoms with Crippen LogP contribution in [-0.2, 0) is 6.42 Å². The van der Waals surface area contributed by atoms with E-state index in [-0.39, 0.29) is 0 Å². The number of rotatable bonds is 6. The van der Waals surface area contributed by atoms with Crippen molar-refractivity contribution < 1.29 is 4.74 Å². The minimum atomic E-state index is 0.534. The van der Waals surface area contributed by atoms with Crippen molar-refractivity contribution in [2.24, 2.45) is 5.73 Å². The fourth-order valence-corrected chi connectivity index (χ4v) is 2.57. The zero-order chi connectivity index (χ0) is 16.2. The predicted octanol–water partition coefficient (Wildman–Crippen LogP) is 3.46. The molecule has 1 aromatic carbocycles. The molecule has 118 valence electrons. The van der Waals surface area contributed by atoms with Gasteiger partial charge in [-0.3, -0.25) is 0 Å². The van der Waals surface area contributed by atoms with E-state index in [1.807, 2.05) is 55.6 Å². The third-order valence-corrected chi connectivity index (χ3v) is 3.62. The van der Waals surface area contributed by atoms with Crippen LogP contribution in [0.25, 0.3) is 16.9 Å². The lowest BCUT2D eigenvalue weighted by atomic mass is 10.1. The summed E-state index contributed by atoms with van der Waals surface area (Å²) < 4.78 is 7.75. The van der Waals surface area contributed by atoms with Gasteiger partial charge < -0.3 is 14.9 Å². The van der Waals surface area contributed by atoms with Crippen LogP contribution < -0.4 is 10.5 Å². The van der Waals surface area contributed by atoms with Crippen molar-refractivity contribution in [2.45, 2.75) is 13.3 Å². The van der Waals surface area contributed by atoms with Gasteiger partial charge in [0.2, 0.25) is 0 Å². The maximum Gasteiger partial charge on any atom is 0.137 e. The molecule has 4 nitrogen and oxygen atoms in total. The van der Waals surface area contributed by atoms with E-state index in [1.54, 1.807) is 0 Å². The number of nitrogens with zero attached hydrogens (tertiary/aromatic N) is 2. The van der Waals surface area contributed by atoms with Crippen LogP contribution in [0.5, 0.6) is 5.75 Å². The van der Waals surface area contributed by atoms with Gasteiger partial charge in [0.15, 0.2) is 0 Å².